The standard InChI is InChI=1S/C26H25N3O6/c1-4-34-23-15-18(9-14-22(23)35-26(32)19-10-12-20(33-3)13-11-19)16-27-29-25(31)24(30)28-21-8-6-5-7-17(21)2/h5-16H,4H2,1-3H3,(H,28,30)(H,29,31)/b27-16+. The van der Waals surface area contributed by atoms with Crippen molar-refractivity contribution in [3.05, 3.63) is 83.4 Å². The third-order valence-corrected chi connectivity index (χ3v) is 4.78. The first-order valence-electron chi connectivity index (χ1n) is 10.7. The molecule has 2 N–H and O–H groups in total. The van der Waals surface area contributed by atoms with Gasteiger partial charge in [0.15, 0.2) is 11.5 Å². The molecule has 9 nitrogen and oxygen atoms in total. The number of carbonyl (C=O) groups is 3. The Morgan fingerprint density at radius 1 is 0.943 bits per heavy atom. The molecule has 0 saturated heterocycles. The summed E-state index contributed by atoms with van der Waals surface area (Å²) in [6, 6.07) is 18.4. The lowest BCUT2D eigenvalue weighted by atomic mass is 10.2. The van der Waals surface area contributed by atoms with E-state index in [1.54, 1.807) is 61.5 Å². The zero-order chi connectivity index (χ0) is 25.2. The van der Waals surface area contributed by atoms with Crippen molar-refractivity contribution in [1.82, 2.24) is 5.43 Å². The summed E-state index contributed by atoms with van der Waals surface area (Å²) < 4.78 is 16.2. The number of nitrogens with zero attached hydrogens (tertiary/aromatic N) is 1. The molecular weight excluding hydrogens is 450 g/mol. The van der Waals surface area contributed by atoms with Gasteiger partial charge in [0.25, 0.3) is 0 Å². The first-order chi connectivity index (χ1) is 16.9. The minimum atomic E-state index is -0.917. The van der Waals surface area contributed by atoms with Crippen LogP contribution in [0.3, 0.4) is 0 Å². The molecule has 9 heteroatoms. The summed E-state index contributed by atoms with van der Waals surface area (Å²) in [4.78, 5) is 36.6. The van der Waals surface area contributed by atoms with Gasteiger partial charge in [-0.05, 0) is 73.5 Å². The fourth-order valence-electron chi connectivity index (χ4n) is 2.95. The van der Waals surface area contributed by atoms with Crippen LogP contribution in [-0.4, -0.2) is 37.7 Å². The van der Waals surface area contributed by atoms with Gasteiger partial charge in [0.05, 0.1) is 25.5 Å². The molecule has 0 saturated carbocycles. The van der Waals surface area contributed by atoms with Gasteiger partial charge in [0.2, 0.25) is 0 Å². The molecule has 0 unspecified atom stereocenters. The van der Waals surface area contributed by atoms with Crippen LogP contribution in [0.2, 0.25) is 0 Å². The van der Waals surface area contributed by atoms with E-state index in [1.807, 2.05) is 19.1 Å². The maximum atomic E-state index is 12.5. The van der Waals surface area contributed by atoms with Crippen LogP contribution in [0.1, 0.15) is 28.4 Å². The van der Waals surface area contributed by atoms with Crippen LogP contribution in [0.4, 0.5) is 5.69 Å². The Kier molecular flexibility index (Phi) is 8.55. The van der Waals surface area contributed by atoms with Crippen LogP contribution in [0.25, 0.3) is 0 Å². The molecule has 3 rings (SSSR count). The zero-order valence-corrected chi connectivity index (χ0v) is 19.5. The van der Waals surface area contributed by atoms with Crippen molar-refractivity contribution < 1.29 is 28.6 Å². The van der Waals surface area contributed by atoms with Crippen LogP contribution < -0.4 is 25.0 Å². The average molecular weight is 476 g/mol. The van der Waals surface area contributed by atoms with E-state index in [9.17, 15) is 14.4 Å². The predicted molar refractivity (Wildman–Crippen MR) is 131 cm³/mol. The highest BCUT2D eigenvalue weighted by molar-refractivity contribution is 6.39. The Morgan fingerprint density at radius 2 is 1.69 bits per heavy atom. The van der Waals surface area contributed by atoms with Crippen LogP contribution in [0, 0.1) is 6.92 Å². The molecule has 0 aliphatic rings. The number of nitrogens with one attached hydrogen (secondary N) is 2. The van der Waals surface area contributed by atoms with Crippen LogP contribution in [-0.2, 0) is 9.59 Å². The summed E-state index contributed by atoms with van der Waals surface area (Å²) in [6.07, 6.45) is 1.34. The molecule has 180 valence electrons. The van der Waals surface area contributed by atoms with E-state index in [1.165, 1.54) is 13.3 Å². The molecule has 35 heavy (non-hydrogen) atoms. The molecule has 0 bridgehead atoms. The monoisotopic (exact) mass is 475 g/mol. The van der Waals surface area contributed by atoms with E-state index < -0.39 is 17.8 Å². The molecule has 0 aliphatic heterocycles. The number of amides is 2. The highest BCUT2D eigenvalue weighted by atomic mass is 16.6. The van der Waals surface area contributed by atoms with Crippen molar-refractivity contribution in [2.75, 3.05) is 19.0 Å². The number of ether oxygens (including phenoxy) is 3. The number of rotatable bonds is 8. The molecule has 0 fully saturated rings. The van der Waals surface area contributed by atoms with Crippen molar-refractivity contribution >= 4 is 29.7 Å². The molecule has 0 heterocycles. The van der Waals surface area contributed by atoms with Gasteiger partial charge < -0.3 is 19.5 Å². The predicted octanol–water partition coefficient (Wildman–Crippen LogP) is 3.71. The number of para-hydroxylation sites is 1. The van der Waals surface area contributed by atoms with Gasteiger partial charge in [-0.3, -0.25) is 9.59 Å². The summed E-state index contributed by atoms with van der Waals surface area (Å²) in [7, 11) is 1.54. The number of aryl methyl sites for hydroxylation is 1. The molecule has 0 aromatic heterocycles. The summed E-state index contributed by atoms with van der Waals surface area (Å²) >= 11 is 0. The fourth-order valence-corrected chi connectivity index (χ4v) is 2.95. The van der Waals surface area contributed by atoms with Gasteiger partial charge in [-0.1, -0.05) is 18.2 Å². The lowest BCUT2D eigenvalue weighted by molar-refractivity contribution is -0.136. The Labute approximate surface area is 202 Å². The first kappa shape index (κ1) is 25.0. The second-order valence-electron chi connectivity index (χ2n) is 7.23. The highest BCUT2D eigenvalue weighted by Gasteiger charge is 2.15. The van der Waals surface area contributed by atoms with Gasteiger partial charge in [-0.15, -0.1) is 0 Å². The third-order valence-electron chi connectivity index (χ3n) is 4.78. The fraction of sp³-hybridized carbons (Fsp3) is 0.154. The Morgan fingerprint density at radius 3 is 2.37 bits per heavy atom. The first-order valence-corrected chi connectivity index (χ1v) is 10.7. The number of benzene rings is 3. The highest BCUT2D eigenvalue weighted by Crippen LogP contribution is 2.29. The largest absolute Gasteiger partial charge is 0.497 e. The number of anilines is 1. The minimum absolute atomic E-state index is 0.228. The van der Waals surface area contributed by atoms with Crippen molar-refractivity contribution in [3.8, 4) is 17.2 Å². The van der Waals surface area contributed by atoms with Gasteiger partial charge in [-0.25, -0.2) is 10.2 Å². The lowest BCUT2D eigenvalue weighted by Crippen LogP contribution is -2.32. The average Bonchev–Trinajstić information content (AvgIpc) is 2.87. The van der Waals surface area contributed by atoms with Crippen LogP contribution >= 0.6 is 0 Å². The maximum Gasteiger partial charge on any atom is 0.343 e. The van der Waals surface area contributed by atoms with E-state index in [0.29, 0.717) is 34.9 Å². The Bertz CT molecular complexity index is 1240. The van der Waals surface area contributed by atoms with Crippen LogP contribution in [0.5, 0.6) is 17.2 Å². The molecule has 2 amide bonds. The van der Waals surface area contributed by atoms with Crippen molar-refractivity contribution in [2.24, 2.45) is 5.10 Å². The third kappa shape index (κ3) is 6.91. The molecule has 0 atom stereocenters. The quantitative estimate of drug-likeness (QED) is 0.169. The maximum absolute atomic E-state index is 12.5. The van der Waals surface area contributed by atoms with Crippen LogP contribution in [0.15, 0.2) is 71.8 Å². The molecule has 0 aliphatic carbocycles. The smallest absolute Gasteiger partial charge is 0.343 e. The van der Waals surface area contributed by atoms with Crippen molar-refractivity contribution in [3.63, 3.8) is 0 Å². The number of carbonyl (C=O) groups excluding carboxylic acids is 3. The molecule has 3 aromatic carbocycles. The Hall–Kier alpha value is -4.66. The molecule has 3 aromatic rings. The normalized spacial score (nSPS) is 10.5. The number of hydrogen-bond donors (Lipinski definition) is 2. The zero-order valence-electron chi connectivity index (χ0n) is 19.5. The summed E-state index contributed by atoms with van der Waals surface area (Å²) in [5.74, 6) is -1.14. The minimum Gasteiger partial charge on any atom is -0.497 e. The van der Waals surface area contributed by atoms with E-state index in [4.69, 9.17) is 14.2 Å². The van der Waals surface area contributed by atoms with Gasteiger partial charge in [0.1, 0.15) is 5.75 Å². The number of hydrogen-bond acceptors (Lipinski definition) is 7. The summed E-state index contributed by atoms with van der Waals surface area (Å²) in [6.45, 7) is 3.95. The van der Waals surface area contributed by atoms with E-state index in [0.717, 1.165) is 5.56 Å². The molecular formula is C26H25N3O6. The molecule has 0 spiro atoms. The second-order valence-corrected chi connectivity index (χ2v) is 7.23. The van der Waals surface area contributed by atoms with Gasteiger partial charge >= 0.3 is 17.8 Å². The lowest BCUT2D eigenvalue weighted by Gasteiger charge is -2.11. The van der Waals surface area contributed by atoms with Gasteiger partial charge in [-0.2, -0.15) is 5.10 Å². The Balaban J connectivity index is 1.64. The van der Waals surface area contributed by atoms with Gasteiger partial charge in [0, 0.05) is 5.69 Å². The van der Waals surface area contributed by atoms with E-state index in [-0.39, 0.29) is 5.75 Å². The molecule has 0 radical (unpaired) electrons. The SMILES string of the molecule is CCOc1cc(/C=N/NC(=O)C(=O)Nc2ccccc2C)ccc1OC(=O)c1ccc(OC)cc1. The van der Waals surface area contributed by atoms with E-state index in [2.05, 4.69) is 15.8 Å². The van der Waals surface area contributed by atoms with E-state index >= 15 is 0 Å². The topological polar surface area (TPSA) is 115 Å². The van der Waals surface area contributed by atoms with Crippen molar-refractivity contribution in [2.45, 2.75) is 13.8 Å². The second kappa shape index (κ2) is 12.0. The number of methoxy groups -OCH3 is 1. The van der Waals surface area contributed by atoms with Crippen molar-refractivity contribution in [1.29, 1.82) is 0 Å². The summed E-state index contributed by atoms with van der Waals surface area (Å²) in [5, 5.41) is 6.35. The number of esters is 1. The number of hydrazone groups is 1. The summed E-state index contributed by atoms with van der Waals surface area (Å²) in [5.41, 5.74) is 4.45.